The van der Waals surface area contributed by atoms with E-state index in [4.69, 9.17) is 4.74 Å². The van der Waals surface area contributed by atoms with Crippen molar-refractivity contribution in [3.63, 3.8) is 0 Å². The van der Waals surface area contributed by atoms with Crippen molar-refractivity contribution in [1.82, 2.24) is 0 Å². The van der Waals surface area contributed by atoms with Crippen LogP contribution < -0.4 is 0 Å². The van der Waals surface area contributed by atoms with Crippen molar-refractivity contribution in [1.29, 1.82) is 0 Å². The molecule has 1 aromatic rings. The molecule has 1 saturated heterocycles. The molecular formula is C11H9F3O. The summed E-state index contributed by atoms with van der Waals surface area (Å²) < 4.78 is 42.7. The number of epoxide rings is 1. The normalized spacial score (nSPS) is 29.9. The molecule has 2 atom stereocenters. The van der Waals surface area contributed by atoms with E-state index >= 15 is 0 Å². The number of hydrogen-bond donors (Lipinski definition) is 0. The van der Waals surface area contributed by atoms with Crippen LogP contribution >= 0.6 is 0 Å². The highest BCUT2D eigenvalue weighted by Crippen LogP contribution is 2.59. The van der Waals surface area contributed by atoms with Crippen molar-refractivity contribution < 1.29 is 17.9 Å². The maximum Gasteiger partial charge on any atom is 0.424 e. The standard InChI is InChI=1S/C11H9F3O/c1-2-10(11(12,13)14)9(15-10)8-6-4-3-5-7-8/h2-7,9H,1H2/t9-,10-/m0/s1. The van der Waals surface area contributed by atoms with E-state index in [-0.39, 0.29) is 0 Å². The van der Waals surface area contributed by atoms with Gasteiger partial charge in [0.1, 0.15) is 6.10 Å². The Morgan fingerprint density at radius 2 is 1.87 bits per heavy atom. The molecule has 0 aromatic heterocycles. The SMILES string of the molecule is C=C[C@]1(C(F)(F)F)O[C@H]1c1ccccc1. The lowest BCUT2D eigenvalue weighted by Crippen LogP contribution is -2.31. The van der Waals surface area contributed by atoms with Crippen LogP contribution in [0.5, 0.6) is 0 Å². The number of halogens is 3. The third-order valence-electron chi connectivity index (χ3n) is 2.49. The van der Waals surface area contributed by atoms with E-state index in [1.807, 2.05) is 0 Å². The Hall–Kier alpha value is -1.29. The minimum atomic E-state index is -4.41. The van der Waals surface area contributed by atoms with Crippen molar-refractivity contribution in [3.8, 4) is 0 Å². The zero-order chi connectivity index (χ0) is 11.1. The number of benzene rings is 1. The summed E-state index contributed by atoms with van der Waals surface area (Å²) >= 11 is 0. The molecule has 0 aliphatic carbocycles. The summed E-state index contributed by atoms with van der Waals surface area (Å²) in [6, 6.07) is 8.33. The number of rotatable bonds is 2. The quantitative estimate of drug-likeness (QED) is 0.543. The van der Waals surface area contributed by atoms with E-state index in [1.54, 1.807) is 30.3 Å². The largest absolute Gasteiger partial charge is 0.424 e. The zero-order valence-corrected chi connectivity index (χ0v) is 7.79. The van der Waals surface area contributed by atoms with Crippen LogP contribution in [0.1, 0.15) is 11.7 Å². The predicted octanol–water partition coefficient (Wildman–Crippen LogP) is 3.25. The van der Waals surface area contributed by atoms with Gasteiger partial charge in [-0.15, -0.1) is 0 Å². The van der Waals surface area contributed by atoms with Crippen LogP contribution in [0.4, 0.5) is 13.2 Å². The van der Waals surface area contributed by atoms with Gasteiger partial charge in [0.05, 0.1) is 0 Å². The Morgan fingerprint density at radius 1 is 1.27 bits per heavy atom. The molecule has 0 spiro atoms. The molecule has 0 N–H and O–H groups in total. The second-order valence-corrected chi connectivity index (χ2v) is 3.40. The van der Waals surface area contributed by atoms with Crippen LogP contribution in [-0.2, 0) is 4.74 Å². The van der Waals surface area contributed by atoms with Crippen LogP contribution in [0.15, 0.2) is 43.0 Å². The minimum absolute atomic E-state index is 0.523. The molecule has 0 amide bonds. The van der Waals surface area contributed by atoms with Crippen LogP contribution in [0.25, 0.3) is 0 Å². The van der Waals surface area contributed by atoms with E-state index < -0.39 is 17.9 Å². The first-order chi connectivity index (χ1) is 7.01. The Labute approximate surface area is 85.2 Å². The van der Waals surface area contributed by atoms with Crippen molar-refractivity contribution in [3.05, 3.63) is 48.6 Å². The molecule has 0 saturated carbocycles. The van der Waals surface area contributed by atoms with Gasteiger partial charge in [-0.05, 0) is 11.6 Å². The van der Waals surface area contributed by atoms with Gasteiger partial charge in [0, 0.05) is 0 Å². The first-order valence-electron chi connectivity index (χ1n) is 4.44. The molecule has 1 fully saturated rings. The molecule has 0 radical (unpaired) electrons. The fourth-order valence-corrected chi connectivity index (χ4v) is 1.59. The first-order valence-corrected chi connectivity index (χ1v) is 4.44. The van der Waals surface area contributed by atoms with Crippen molar-refractivity contribution in [2.24, 2.45) is 0 Å². The topological polar surface area (TPSA) is 12.5 Å². The molecular weight excluding hydrogens is 205 g/mol. The maximum atomic E-state index is 12.6. The summed E-state index contributed by atoms with van der Waals surface area (Å²) in [7, 11) is 0. The average molecular weight is 214 g/mol. The van der Waals surface area contributed by atoms with Crippen LogP contribution in [0, 0.1) is 0 Å². The summed E-state index contributed by atoms with van der Waals surface area (Å²) in [6.07, 6.45) is -4.53. The summed E-state index contributed by atoms with van der Waals surface area (Å²) in [4.78, 5) is 0. The van der Waals surface area contributed by atoms with Crippen LogP contribution in [0.3, 0.4) is 0 Å². The highest BCUT2D eigenvalue weighted by Gasteiger charge is 2.71. The Bertz CT molecular complexity index is 371. The van der Waals surface area contributed by atoms with E-state index in [9.17, 15) is 13.2 Å². The molecule has 1 nitrogen and oxygen atoms in total. The molecule has 0 unspecified atom stereocenters. The molecule has 1 aliphatic rings. The number of hydrogen-bond acceptors (Lipinski definition) is 1. The first kappa shape index (κ1) is 10.2. The van der Waals surface area contributed by atoms with Crippen LogP contribution in [0.2, 0.25) is 0 Å². The molecule has 1 aliphatic heterocycles. The molecule has 80 valence electrons. The monoisotopic (exact) mass is 214 g/mol. The van der Waals surface area contributed by atoms with Gasteiger partial charge < -0.3 is 4.74 Å². The average Bonchev–Trinajstić information content (AvgIpc) is 2.94. The van der Waals surface area contributed by atoms with Gasteiger partial charge in [0.15, 0.2) is 0 Å². The lowest BCUT2D eigenvalue weighted by atomic mass is 9.99. The molecule has 15 heavy (non-hydrogen) atoms. The van der Waals surface area contributed by atoms with Crippen molar-refractivity contribution in [2.45, 2.75) is 17.9 Å². The van der Waals surface area contributed by atoms with Crippen LogP contribution in [-0.4, -0.2) is 11.8 Å². The van der Waals surface area contributed by atoms with Gasteiger partial charge in [-0.3, -0.25) is 0 Å². The summed E-state index contributed by atoms with van der Waals surface area (Å²) in [5.74, 6) is 0. The number of ether oxygens (including phenoxy) is 1. The Balaban J connectivity index is 2.28. The zero-order valence-electron chi connectivity index (χ0n) is 7.79. The van der Waals surface area contributed by atoms with Gasteiger partial charge in [0.25, 0.3) is 0 Å². The highest BCUT2D eigenvalue weighted by molar-refractivity contribution is 5.32. The van der Waals surface area contributed by atoms with Gasteiger partial charge in [-0.25, -0.2) is 0 Å². The fraction of sp³-hybridized carbons (Fsp3) is 0.273. The number of alkyl halides is 3. The van der Waals surface area contributed by atoms with Crippen molar-refractivity contribution in [2.75, 3.05) is 0 Å². The van der Waals surface area contributed by atoms with E-state index in [0.29, 0.717) is 5.56 Å². The maximum absolute atomic E-state index is 12.6. The second-order valence-electron chi connectivity index (χ2n) is 3.40. The lowest BCUT2D eigenvalue weighted by molar-refractivity contribution is -0.169. The lowest BCUT2D eigenvalue weighted by Gasteiger charge is -2.11. The van der Waals surface area contributed by atoms with E-state index in [1.165, 1.54) is 0 Å². The minimum Gasteiger partial charge on any atom is -0.347 e. The fourth-order valence-electron chi connectivity index (χ4n) is 1.59. The molecule has 2 rings (SSSR count). The molecule has 1 aromatic carbocycles. The Morgan fingerprint density at radius 3 is 2.27 bits per heavy atom. The van der Waals surface area contributed by atoms with Gasteiger partial charge >= 0.3 is 6.18 Å². The van der Waals surface area contributed by atoms with Gasteiger partial charge in [-0.2, -0.15) is 13.2 Å². The molecule has 0 bridgehead atoms. The van der Waals surface area contributed by atoms with E-state index in [2.05, 4.69) is 6.58 Å². The van der Waals surface area contributed by atoms with Gasteiger partial charge in [-0.1, -0.05) is 36.9 Å². The second kappa shape index (κ2) is 3.10. The third kappa shape index (κ3) is 1.45. The smallest absolute Gasteiger partial charge is 0.347 e. The summed E-state index contributed by atoms with van der Waals surface area (Å²) in [5.41, 5.74) is -1.66. The van der Waals surface area contributed by atoms with Crippen molar-refractivity contribution >= 4 is 0 Å². The summed E-state index contributed by atoms with van der Waals surface area (Å²) in [6.45, 7) is 3.19. The third-order valence-corrected chi connectivity index (χ3v) is 2.49. The molecule has 4 heteroatoms. The predicted molar refractivity (Wildman–Crippen MR) is 49.3 cm³/mol. The van der Waals surface area contributed by atoms with Gasteiger partial charge in [0.2, 0.25) is 5.60 Å². The highest BCUT2D eigenvalue weighted by atomic mass is 19.4. The Kier molecular flexibility index (Phi) is 2.12. The summed E-state index contributed by atoms with van der Waals surface area (Å²) in [5, 5.41) is 0. The van der Waals surface area contributed by atoms with E-state index in [0.717, 1.165) is 6.08 Å². The molecule has 1 heterocycles.